The van der Waals surface area contributed by atoms with Crippen molar-refractivity contribution in [2.45, 2.75) is 13.8 Å². The Hall–Kier alpha value is -0.550. The molecule has 5 heteroatoms. The van der Waals surface area contributed by atoms with Crippen molar-refractivity contribution in [1.29, 1.82) is 0 Å². The summed E-state index contributed by atoms with van der Waals surface area (Å²) in [5.41, 5.74) is 0.369. The lowest BCUT2D eigenvalue weighted by molar-refractivity contribution is -0.149. The van der Waals surface area contributed by atoms with Crippen molar-refractivity contribution in [1.82, 2.24) is 0 Å². The Morgan fingerprint density at radius 1 is 1.35 bits per heavy atom. The summed E-state index contributed by atoms with van der Waals surface area (Å²) in [4.78, 5) is 11.5. The van der Waals surface area contributed by atoms with Gasteiger partial charge in [-0.3, -0.25) is 4.79 Å². The van der Waals surface area contributed by atoms with E-state index in [4.69, 9.17) is 4.74 Å². The molecule has 0 saturated heterocycles. The number of esters is 1. The van der Waals surface area contributed by atoms with E-state index in [1.165, 1.54) is 7.11 Å². The van der Waals surface area contributed by atoms with Crippen LogP contribution in [-0.2, 0) is 9.53 Å². The summed E-state index contributed by atoms with van der Waals surface area (Å²) in [7, 11) is 1.40. The molecule has 0 aliphatic rings. The first kappa shape index (κ1) is 14.5. The number of hydrogen-bond donors (Lipinski definition) is 1. The van der Waals surface area contributed by atoms with Crippen LogP contribution in [0.4, 0.5) is 5.69 Å². The highest BCUT2D eigenvalue weighted by Crippen LogP contribution is 2.31. The Morgan fingerprint density at radius 3 is 2.35 bits per heavy atom. The van der Waals surface area contributed by atoms with Gasteiger partial charge >= 0.3 is 5.97 Å². The van der Waals surface area contributed by atoms with Crippen LogP contribution >= 0.6 is 31.9 Å². The van der Waals surface area contributed by atoms with Gasteiger partial charge in [0.15, 0.2) is 0 Å². The van der Waals surface area contributed by atoms with E-state index < -0.39 is 5.41 Å². The molecule has 1 rings (SSSR count). The lowest BCUT2D eigenvalue weighted by atomic mass is 9.93. The van der Waals surface area contributed by atoms with Crippen molar-refractivity contribution < 1.29 is 9.53 Å². The Balaban J connectivity index is 2.77. The third kappa shape index (κ3) is 3.71. The Bertz CT molecular complexity index is 399. The molecule has 0 unspecified atom stereocenters. The van der Waals surface area contributed by atoms with Crippen molar-refractivity contribution in [3.8, 4) is 0 Å². The largest absolute Gasteiger partial charge is 0.469 e. The first-order valence-corrected chi connectivity index (χ1v) is 6.73. The summed E-state index contributed by atoms with van der Waals surface area (Å²) in [6, 6.07) is 5.82. The molecule has 1 N–H and O–H groups in total. The second kappa shape index (κ2) is 5.87. The number of benzene rings is 1. The number of nitrogens with one attached hydrogen (secondary N) is 1. The molecular formula is C12H15Br2NO2. The van der Waals surface area contributed by atoms with Gasteiger partial charge in [0.1, 0.15) is 0 Å². The van der Waals surface area contributed by atoms with Crippen molar-refractivity contribution in [2.75, 3.05) is 19.0 Å². The predicted molar refractivity (Wildman–Crippen MR) is 76.1 cm³/mol. The standard InChI is InChI=1S/C12H15Br2NO2/c1-12(2,11(16)17-3)7-15-10-8(13)5-4-6-9(10)14/h4-6,15H,7H2,1-3H3. The van der Waals surface area contributed by atoms with Crippen LogP contribution in [0.5, 0.6) is 0 Å². The molecule has 0 spiro atoms. The molecule has 0 radical (unpaired) electrons. The molecule has 0 aliphatic carbocycles. The van der Waals surface area contributed by atoms with E-state index in [-0.39, 0.29) is 5.97 Å². The van der Waals surface area contributed by atoms with Gasteiger partial charge in [-0.05, 0) is 57.8 Å². The summed E-state index contributed by atoms with van der Waals surface area (Å²) in [6.45, 7) is 4.19. The van der Waals surface area contributed by atoms with Gasteiger partial charge in [-0.1, -0.05) is 6.07 Å². The topological polar surface area (TPSA) is 38.3 Å². The van der Waals surface area contributed by atoms with E-state index in [1.807, 2.05) is 32.0 Å². The average molecular weight is 365 g/mol. The van der Waals surface area contributed by atoms with Crippen LogP contribution in [0.25, 0.3) is 0 Å². The van der Waals surface area contributed by atoms with Gasteiger partial charge in [0.2, 0.25) is 0 Å². The number of methoxy groups -OCH3 is 1. The van der Waals surface area contributed by atoms with Crippen LogP contribution in [0.15, 0.2) is 27.1 Å². The Kier molecular flexibility index (Phi) is 5.01. The zero-order valence-corrected chi connectivity index (χ0v) is 13.2. The highest BCUT2D eigenvalue weighted by molar-refractivity contribution is 9.11. The summed E-state index contributed by atoms with van der Waals surface area (Å²) < 4.78 is 6.66. The summed E-state index contributed by atoms with van der Waals surface area (Å²) in [5.74, 6) is -0.229. The first-order valence-electron chi connectivity index (χ1n) is 5.15. The highest BCUT2D eigenvalue weighted by atomic mass is 79.9. The van der Waals surface area contributed by atoms with E-state index in [0.717, 1.165) is 14.6 Å². The maximum absolute atomic E-state index is 11.5. The van der Waals surface area contributed by atoms with Crippen molar-refractivity contribution in [3.63, 3.8) is 0 Å². The minimum atomic E-state index is -0.566. The number of carbonyl (C=O) groups excluding carboxylic acids is 1. The summed E-state index contributed by atoms with van der Waals surface area (Å²) in [6.07, 6.45) is 0. The highest BCUT2D eigenvalue weighted by Gasteiger charge is 2.28. The number of anilines is 1. The van der Waals surface area contributed by atoms with Gasteiger partial charge in [0.25, 0.3) is 0 Å². The van der Waals surface area contributed by atoms with Crippen molar-refractivity contribution in [3.05, 3.63) is 27.1 Å². The molecule has 1 aromatic carbocycles. The summed E-state index contributed by atoms with van der Waals surface area (Å²) in [5, 5.41) is 3.24. The molecule has 0 aliphatic heterocycles. The molecule has 0 amide bonds. The number of rotatable bonds is 4. The van der Waals surface area contributed by atoms with Crippen molar-refractivity contribution in [2.24, 2.45) is 5.41 Å². The van der Waals surface area contributed by atoms with Crippen LogP contribution in [0.2, 0.25) is 0 Å². The monoisotopic (exact) mass is 363 g/mol. The minimum Gasteiger partial charge on any atom is -0.469 e. The van der Waals surface area contributed by atoms with Crippen LogP contribution in [0.3, 0.4) is 0 Å². The molecule has 0 aromatic heterocycles. The first-order chi connectivity index (χ1) is 7.88. The number of ether oxygens (including phenoxy) is 1. The van der Waals surface area contributed by atoms with E-state index >= 15 is 0 Å². The fraction of sp³-hybridized carbons (Fsp3) is 0.417. The van der Waals surface area contributed by atoms with Gasteiger partial charge in [-0.2, -0.15) is 0 Å². The van der Waals surface area contributed by atoms with Gasteiger partial charge in [-0.25, -0.2) is 0 Å². The fourth-order valence-corrected chi connectivity index (χ4v) is 2.60. The zero-order valence-electron chi connectivity index (χ0n) is 10.0. The van der Waals surface area contributed by atoms with Crippen LogP contribution in [0, 0.1) is 5.41 Å². The van der Waals surface area contributed by atoms with Gasteiger partial charge < -0.3 is 10.1 Å². The quantitative estimate of drug-likeness (QED) is 0.825. The van der Waals surface area contributed by atoms with Crippen LogP contribution in [0.1, 0.15) is 13.8 Å². The van der Waals surface area contributed by atoms with Crippen LogP contribution in [-0.4, -0.2) is 19.6 Å². The number of carbonyl (C=O) groups is 1. The predicted octanol–water partition coefficient (Wildman–Crippen LogP) is 3.82. The van der Waals surface area contributed by atoms with E-state index in [1.54, 1.807) is 0 Å². The third-order valence-corrected chi connectivity index (χ3v) is 3.73. The third-order valence-electron chi connectivity index (χ3n) is 2.41. The lowest BCUT2D eigenvalue weighted by Crippen LogP contribution is -2.33. The molecule has 17 heavy (non-hydrogen) atoms. The van der Waals surface area contributed by atoms with Gasteiger partial charge in [0, 0.05) is 15.5 Å². The molecule has 0 fully saturated rings. The van der Waals surface area contributed by atoms with Gasteiger partial charge in [0.05, 0.1) is 18.2 Å². The number of halogens is 2. The van der Waals surface area contributed by atoms with E-state index in [9.17, 15) is 4.79 Å². The maximum atomic E-state index is 11.5. The molecule has 0 saturated carbocycles. The molecular weight excluding hydrogens is 350 g/mol. The fourth-order valence-electron chi connectivity index (χ4n) is 1.32. The lowest BCUT2D eigenvalue weighted by Gasteiger charge is -2.23. The average Bonchev–Trinajstić information content (AvgIpc) is 2.27. The molecule has 1 aromatic rings. The normalized spacial score (nSPS) is 11.1. The smallest absolute Gasteiger partial charge is 0.313 e. The molecule has 0 heterocycles. The minimum absolute atomic E-state index is 0.229. The van der Waals surface area contributed by atoms with E-state index in [2.05, 4.69) is 37.2 Å². The number of hydrogen-bond acceptors (Lipinski definition) is 3. The molecule has 0 bridgehead atoms. The number of para-hydroxylation sites is 1. The molecule has 0 atom stereocenters. The van der Waals surface area contributed by atoms with Crippen LogP contribution < -0.4 is 5.32 Å². The maximum Gasteiger partial charge on any atom is 0.313 e. The van der Waals surface area contributed by atoms with Gasteiger partial charge in [-0.15, -0.1) is 0 Å². The zero-order chi connectivity index (χ0) is 13.1. The second-order valence-corrected chi connectivity index (χ2v) is 6.03. The second-order valence-electron chi connectivity index (χ2n) is 4.33. The Labute approximate surface area is 118 Å². The molecule has 3 nitrogen and oxygen atoms in total. The Morgan fingerprint density at radius 2 is 1.88 bits per heavy atom. The van der Waals surface area contributed by atoms with Crippen molar-refractivity contribution >= 4 is 43.5 Å². The van der Waals surface area contributed by atoms with E-state index in [0.29, 0.717) is 6.54 Å². The summed E-state index contributed by atoms with van der Waals surface area (Å²) >= 11 is 6.92. The SMILES string of the molecule is COC(=O)C(C)(C)CNc1c(Br)cccc1Br. The molecule has 94 valence electrons.